The monoisotopic (exact) mass is 182 g/mol. The summed E-state index contributed by atoms with van der Waals surface area (Å²) < 4.78 is 5.12. The van der Waals surface area contributed by atoms with Gasteiger partial charge in [-0.3, -0.25) is 9.59 Å². The third-order valence-corrected chi connectivity index (χ3v) is 3.77. The van der Waals surface area contributed by atoms with E-state index in [0.29, 0.717) is 0 Å². The first-order valence-electron chi connectivity index (χ1n) is 4.62. The Morgan fingerprint density at radius 3 is 2.92 bits per heavy atom. The van der Waals surface area contributed by atoms with E-state index >= 15 is 0 Å². The first kappa shape index (κ1) is 7.35. The van der Waals surface area contributed by atoms with Gasteiger partial charge in [0.1, 0.15) is 6.10 Å². The van der Waals surface area contributed by atoms with Crippen LogP contribution in [0, 0.1) is 23.7 Å². The maximum atomic E-state index is 11.3. The van der Waals surface area contributed by atoms with Crippen LogP contribution in [0.4, 0.5) is 0 Å². The van der Waals surface area contributed by atoms with E-state index in [9.17, 15) is 9.59 Å². The van der Waals surface area contributed by atoms with Crippen molar-refractivity contribution in [2.24, 2.45) is 23.7 Å². The van der Waals surface area contributed by atoms with Crippen LogP contribution in [0.25, 0.3) is 0 Å². The smallest absolute Gasteiger partial charge is 0.310 e. The van der Waals surface area contributed by atoms with Gasteiger partial charge in [-0.15, -0.1) is 0 Å². The van der Waals surface area contributed by atoms with Crippen LogP contribution in [0.3, 0.4) is 0 Å². The molecular weight excluding hydrogens is 172 g/mol. The van der Waals surface area contributed by atoms with Crippen LogP contribution in [0.15, 0.2) is 0 Å². The Morgan fingerprint density at radius 1 is 1.46 bits per heavy atom. The highest BCUT2D eigenvalue weighted by Crippen LogP contribution is 2.57. The van der Waals surface area contributed by atoms with Crippen LogP contribution < -0.4 is 0 Å². The summed E-state index contributed by atoms with van der Waals surface area (Å²) in [4.78, 5) is 22.2. The van der Waals surface area contributed by atoms with Gasteiger partial charge in [0.25, 0.3) is 0 Å². The fourth-order valence-corrected chi connectivity index (χ4v) is 3.34. The number of fused-ring (bicyclic) bond motifs is 1. The van der Waals surface area contributed by atoms with E-state index < -0.39 is 11.9 Å². The summed E-state index contributed by atoms with van der Waals surface area (Å²) in [6, 6.07) is 0. The number of rotatable bonds is 1. The predicted molar refractivity (Wildman–Crippen MR) is 40.7 cm³/mol. The highest BCUT2D eigenvalue weighted by Gasteiger charge is 2.64. The van der Waals surface area contributed by atoms with E-state index in [0.717, 1.165) is 12.8 Å². The third kappa shape index (κ3) is 0.716. The number of hydrogen-bond acceptors (Lipinski definition) is 3. The molecule has 2 aliphatic carbocycles. The van der Waals surface area contributed by atoms with Crippen molar-refractivity contribution in [3.05, 3.63) is 0 Å². The first-order valence-corrected chi connectivity index (χ1v) is 4.62. The molecule has 13 heavy (non-hydrogen) atoms. The number of carboxylic acid groups (broad SMARTS) is 1. The van der Waals surface area contributed by atoms with E-state index in [1.807, 2.05) is 0 Å². The molecule has 3 aliphatic rings. The lowest BCUT2D eigenvalue weighted by Gasteiger charge is -2.19. The van der Waals surface area contributed by atoms with Crippen LogP contribution >= 0.6 is 0 Å². The molecule has 0 amide bonds. The number of aliphatic carboxylic acids is 1. The molecule has 0 aromatic heterocycles. The standard InChI is InChI=1S/C9H10O4/c10-8(11)6-3-1-4-5(2-3)13-9(12)7(4)6/h3-7H,1-2H2,(H,10,11)/t3-,4-,5+,6-,7+/m0/s1. The summed E-state index contributed by atoms with van der Waals surface area (Å²) in [5.41, 5.74) is 0. The molecule has 1 saturated heterocycles. The van der Waals surface area contributed by atoms with Gasteiger partial charge in [-0.05, 0) is 18.8 Å². The summed E-state index contributed by atoms with van der Waals surface area (Å²) in [7, 11) is 0. The highest BCUT2D eigenvalue weighted by molar-refractivity contribution is 5.84. The van der Waals surface area contributed by atoms with Crippen molar-refractivity contribution in [3.8, 4) is 0 Å². The molecule has 0 radical (unpaired) electrons. The Bertz CT molecular complexity index is 296. The Morgan fingerprint density at radius 2 is 2.23 bits per heavy atom. The van der Waals surface area contributed by atoms with E-state index in [1.54, 1.807) is 0 Å². The highest BCUT2D eigenvalue weighted by atomic mass is 16.6. The summed E-state index contributed by atoms with van der Waals surface area (Å²) in [6.07, 6.45) is 1.68. The lowest BCUT2D eigenvalue weighted by Crippen LogP contribution is -2.31. The molecule has 0 aromatic rings. The molecule has 0 aromatic carbocycles. The molecule has 5 atom stereocenters. The van der Waals surface area contributed by atoms with Gasteiger partial charge in [0.15, 0.2) is 0 Å². The molecular formula is C9H10O4. The van der Waals surface area contributed by atoms with Crippen LogP contribution in [0.1, 0.15) is 12.8 Å². The zero-order valence-electron chi connectivity index (χ0n) is 6.97. The van der Waals surface area contributed by atoms with Gasteiger partial charge in [0.05, 0.1) is 11.8 Å². The third-order valence-electron chi connectivity index (χ3n) is 3.77. The minimum Gasteiger partial charge on any atom is -0.481 e. The number of carbonyl (C=O) groups excluding carboxylic acids is 1. The van der Waals surface area contributed by atoms with Gasteiger partial charge in [0.2, 0.25) is 0 Å². The molecule has 1 N–H and O–H groups in total. The number of carbonyl (C=O) groups is 2. The minimum absolute atomic E-state index is 0.0399. The first-order chi connectivity index (χ1) is 6.18. The fraction of sp³-hybridized carbons (Fsp3) is 0.778. The SMILES string of the molecule is O=C1O[C@@H]2C[C@@H]3C[C@@H]2[C@@H]1[C@H]3C(=O)O. The number of ether oxygens (including phenoxy) is 1. The fourth-order valence-electron chi connectivity index (χ4n) is 3.34. The molecule has 3 fully saturated rings. The predicted octanol–water partition coefficient (Wildman–Crippen LogP) is 0.269. The van der Waals surface area contributed by atoms with Crippen LogP contribution in [0.2, 0.25) is 0 Å². The number of esters is 1. The summed E-state index contributed by atoms with van der Waals surface area (Å²) in [5.74, 6) is -1.50. The molecule has 0 spiro atoms. The van der Waals surface area contributed by atoms with E-state index in [2.05, 4.69) is 0 Å². The molecule has 2 saturated carbocycles. The van der Waals surface area contributed by atoms with Crippen molar-refractivity contribution in [1.29, 1.82) is 0 Å². The zero-order valence-corrected chi connectivity index (χ0v) is 6.97. The summed E-state index contributed by atoms with van der Waals surface area (Å²) in [5, 5.41) is 8.97. The maximum absolute atomic E-state index is 11.3. The van der Waals surface area contributed by atoms with Gasteiger partial charge in [-0.1, -0.05) is 0 Å². The number of hydrogen-bond donors (Lipinski definition) is 1. The summed E-state index contributed by atoms with van der Waals surface area (Å²) >= 11 is 0. The van der Waals surface area contributed by atoms with Crippen molar-refractivity contribution < 1.29 is 19.4 Å². The van der Waals surface area contributed by atoms with Crippen molar-refractivity contribution in [3.63, 3.8) is 0 Å². The van der Waals surface area contributed by atoms with Gasteiger partial charge in [-0.2, -0.15) is 0 Å². The van der Waals surface area contributed by atoms with Crippen LogP contribution in [-0.4, -0.2) is 23.1 Å². The van der Waals surface area contributed by atoms with Crippen molar-refractivity contribution in [2.45, 2.75) is 18.9 Å². The average Bonchev–Trinajstić information content (AvgIpc) is 2.60. The summed E-state index contributed by atoms with van der Waals surface area (Å²) in [6.45, 7) is 0. The van der Waals surface area contributed by atoms with Gasteiger partial charge < -0.3 is 9.84 Å². The Balaban J connectivity index is 2.01. The van der Waals surface area contributed by atoms with Gasteiger partial charge >= 0.3 is 11.9 Å². The number of carboxylic acids is 1. The van der Waals surface area contributed by atoms with E-state index in [-0.39, 0.29) is 29.8 Å². The normalized spacial score (nSPS) is 51.1. The minimum atomic E-state index is -0.824. The zero-order chi connectivity index (χ0) is 9.16. The second-order valence-electron chi connectivity index (χ2n) is 4.26. The Kier molecular flexibility index (Phi) is 1.16. The van der Waals surface area contributed by atoms with Gasteiger partial charge in [-0.25, -0.2) is 0 Å². The second kappa shape index (κ2) is 2.05. The van der Waals surface area contributed by atoms with Gasteiger partial charge in [0, 0.05) is 5.92 Å². The van der Waals surface area contributed by atoms with Crippen LogP contribution in [0.5, 0.6) is 0 Å². The molecule has 1 heterocycles. The quantitative estimate of drug-likeness (QED) is 0.591. The maximum Gasteiger partial charge on any atom is 0.310 e. The second-order valence-corrected chi connectivity index (χ2v) is 4.26. The molecule has 3 rings (SSSR count). The van der Waals surface area contributed by atoms with Crippen molar-refractivity contribution in [1.82, 2.24) is 0 Å². The van der Waals surface area contributed by atoms with E-state index in [1.165, 1.54) is 0 Å². The van der Waals surface area contributed by atoms with Crippen molar-refractivity contribution >= 4 is 11.9 Å². The topological polar surface area (TPSA) is 63.6 Å². The lowest BCUT2D eigenvalue weighted by molar-refractivity contribution is -0.151. The van der Waals surface area contributed by atoms with Crippen LogP contribution in [-0.2, 0) is 14.3 Å². The Labute approximate surface area is 74.9 Å². The van der Waals surface area contributed by atoms with Crippen molar-refractivity contribution in [2.75, 3.05) is 0 Å². The van der Waals surface area contributed by atoms with E-state index in [4.69, 9.17) is 9.84 Å². The molecule has 0 unspecified atom stereocenters. The molecule has 70 valence electrons. The average molecular weight is 182 g/mol. The molecule has 4 heteroatoms. The molecule has 2 bridgehead atoms. The molecule has 4 nitrogen and oxygen atoms in total. The molecule has 1 aliphatic heterocycles. The lowest BCUT2D eigenvalue weighted by atomic mass is 9.80. The largest absolute Gasteiger partial charge is 0.481 e. The Hall–Kier alpha value is -1.06.